The van der Waals surface area contributed by atoms with Gasteiger partial charge in [-0.2, -0.15) is 0 Å². The first kappa shape index (κ1) is 16.2. The molecule has 0 aliphatic rings. The van der Waals surface area contributed by atoms with E-state index in [0.717, 1.165) is 0 Å². The van der Waals surface area contributed by atoms with Gasteiger partial charge in [0.1, 0.15) is 5.82 Å². The smallest absolute Gasteiger partial charge is 0.313 e. The molecule has 2 heterocycles. The highest BCUT2D eigenvalue weighted by Crippen LogP contribution is 2.27. The third kappa shape index (κ3) is 2.60. The Kier molecular flexibility index (Phi) is 3.69. The number of anilines is 2. The second-order valence-corrected chi connectivity index (χ2v) is 5.96. The van der Waals surface area contributed by atoms with Crippen molar-refractivity contribution in [1.82, 2.24) is 19.5 Å². The molecule has 2 aromatic carbocycles. The predicted octanol–water partition coefficient (Wildman–Crippen LogP) is 3.01. The molecule has 4 aromatic rings. The van der Waals surface area contributed by atoms with Gasteiger partial charge < -0.3 is 9.67 Å². The largest absolute Gasteiger partial charge is 0.489 e. The molecule has 0 fully saturated rings. The van der Waals surface area contributed by atoms with Crippen molar-refractivity contribution in [3.05, 3.63) is 58.8 Å². The SMILES string of the molecule is Cn1c(=O)c(O)nc2cc3cnc(N(Cl)c4ccc(F)cc4)nc3cc21. The summed E-state index contributed by atoms with van der Waals surface area (Å²) < 4.78 is 15.6. The van der Waals surface area contributed by atoms with E-state index in [1.807, 2.05) is 0 Å². The molecule has 130 valence electrons. The first-order valence-corrected chi connectivity index (χ1v) is 7.86. The molecule has 1 N–H and O–H groups in total. The van der Waals surface area contributed by atoms with Gasteiger partial charge in [-0.25, -0.2) is 23.8 Å². The molecule has 9 heteroatoms. The maximum absolute atomic E-state index is 13.1. The zero-order valence-corrected chi connectivity index (χ0v) is 14.1. The molecule has 0 saturated carbocycles. The van der Waals surface area contributed by atoms with Crippen molar-refractivity contribution in [1.29, 1.82) is 0 Å². The van der Waals surface area contributed by atoms with Crippen LogP contribution in [0.2, 0.25) is 0 Å². The Morgan fingerprint density at radius 3 is 2.62 bits per heavy atom. The van der Waals surface area contributed by atoms with Crippen LogP contribution in [0.4, 0.5) is 16.0 Å². The molecule has 0 amide bonds. The third-order valence-electron chi connectivity index (χ3n) is 3.98. The number of aromatic hydroxyl groups is 1. The quantitative estimate of drug-likeness (QED) is 0.430. The highest BCUT2D eigenvalue weighted by Gasteiger charge is 2.13. The average molecular weight is 372 g/mol. The van der Waals surface area contributed by atoms with E-state index in [4.69, 9.17) is 11.8 Å². The fourth-order valence-corrected chi connectivity index (χ4v) is 2.80. The molecule has 7 nitrogen and oxygen atoms in total. The first-order valence-electron chi connectivity index (χ1n) is 7.52. The van der Waals surface area contributed by atoms with E-state index >= 15 is 0 Å². The Labute approximate surface area is 151 Å². The summed E-state index contributed by atoms with van der Waals surface area (Å²) in [6.07, 6.45) is 1.56. The molecule has 0 atom stereocenters. The molecule has 0 aliphatic heterocycles. The Morgan fingerprint density at radius 1 is 1.15 bits per heavy atom. The van der Waals surface area contributed by atoms with E-state index in [1.165, 1.54) is 40.3 Å². The number of hydrogen-bond donors (Lipinski definition) is 1. The summed E-state index contributed by atoms with van der Waals surface area (Å²) in [5.41, 5.74) is 1.39. The van der Waals surface area contributed by atoms with E-state index < -0.39 is 11.4 Å². The van der Waals surface area contributed by atoms with Crippen LogP contribution < -0.4 is 9.98 Å². The van der Waals surface area contributed by atoms with Gasteiger partial charge in [0.05, 0.1) is 22.2 Å². The molecule has 2 aromatic heterocycles. The monoisotopic (exact) mass is 371 g/mol. The number of hydrogen-bond acceptors (Lipinski definition) is 6. The van der Waals surface area contributed by atoms with Crippen LogP contribution in [0, 0.1) is 5.82 Å². The van der Waals surface area contributed by atoms with Gasteiger partial charge in [-0.15, -0.1) is 0 Å². The number of nitrogens with zero attached hydrogens (tertiary/aromatic N) is 5. The van der Waals surface area contributed by atoms with Crippen molar-refractivity contribution >= 4 is 45.3 Å². The normalized spacial score (nSPS) is 11.2. The fraction of sp³-hybridized carbons (Fsp3) is 0.0588. The Morgan fingerprint density at radius 2 is 1.88 bits per heavy atom. The fourth-order valence-electron chi connectivity index (χ4n) is 2.61. The summed E-state index contributed by atoms with van der Waals surface area (Å²) in [6, 6.07) is 8.92. The minimum atomic E-state index is -0.601. The van der Waals surface area contributed by atoms with Crippen LogP contribution in [0.15, 0.2) is 47.4 Å². The van der Waals surface area contributed by atoms with Gasteiger partial charge >= 0.3 is 5.56 Å². The predicted molar refractivity (Wildman–Crippen MR) is 96.1 cm³/mol. The lowest BCUT2D eigenvalue weighted by molar-refractivity contribution is 0.442. The molecule has 0 radical (unpaired) electrons. The summed E-state index contributed by atoms with van der Waals surface area (Å²) >= 11 is 6.27. The molecule has 0 unspecified atom stereocenters. The number of benzene rings is 2. The third-order valence-corrected chi connectivity index (χ3v) is 4.32. The van der Waals surface area contributed by atoms with E-state index in [2.05, 4.69) is 15.0 Å². The topological polar surface area (TPSA) is 84.1 Å². The molecular formula is C17H11ClFN5O2. The van der Waals surface area contributed by atoms with Crippen molar-refractivity contribution in [2.24, 2.45) is 7.05 Å². The van der Waals surface area contributed by atoms with Crippen molar-refractivity contribution in [2.75, 3.05) is 4.42 Å². The maximum atomic E-state index is 13.1. The van der Waals surface area contributed by atoms with Crippen LogP contribution in [-0.4, -0.2) is 24.6 Å². The van der Waals surface area contributed by atoms with Crippen molar-refractivity contribution in [3.8, 4) is 5.88 Å². The van der Waals surface area contributed by atoms with Crippen LogP contribution in [-0.2, 0) is 7.05 Å². The van der Waals surface area contributed by atoms with Crippen LogP contribution >= 0.6 is 11.8 Å². The van der Waals surface area contributed by atoms with E-state index in [0.29, 0.717) is 27.6 Å². The molecule has 0 bridgehead atoms. The van der Waals surface area contributed by atoms with Crippen molar-refractivity contribution in [3.63, 3.8) is 0 Å². The lowest BCUT2D eigenvalue weighted by Gasteiger charge is -2.14. The van der Waals surface area contributed by atoms with Crippen molar-refractivity contribution < 1.29 is 9.50 Å². The number of halogens is 2. The van der Waals surface area contributed by atoms with Gasteiger partial charge in [-0.3, -0.25) is 4.79 Å². The Bertz CT molecular complexity index is 1210. The number of fused-ring (bicyclic) bond motifs is 2. The maximum Gasteiger partial charge on any atom is 0.313 e. The van der Waals surface area contributed by atoms with Gasteiger partial charge in [0.15, 0.2) is 0 Å². The summed E-state index contributed by atoms with van der Waals surface area (Å²) in [5.74, 6) is -0.747. The number of rotatable bonds is 2. The molecule has 26 heavy (non-hydrogen) atoms. The van der Waals surface area contributed by atoms with Crippen molar-refractivity contribution in [2.45, 2.75) is 0 Å². The van der Waals surface area contributed by atoms with Crippen LogP contribution in [0.25, 0.3) is 21.9 Å². The van der Waals surface area contributed by atoms with Gasteiger partial charge in [-0.05, 0) is 36.4 Å². The second kappa shape index (κ2) is 5.92. The summed E-state index contributed by atoms with van der Waals surface area (Å²) in [6.45, 7) is 0. The number of aryl methyl sites for hydroxylation is 1. The van der Waals surface area contributed by atoms with E-state index in [1.54, 1.807) is 18.3 Å². The zero-order valence-electron chi connectivity index (χ0n) is 13.4. The highest BCUT2D eigenvalue weighted by molar-refractivity contribution is 6.28. The summed E-state index contributed by atoms with van der Waals surface area (Å²) in [7, 11) is 1.53. The summed E-state index contributed by atoms with van der Waals surface area (Å²) in [5, 5.41) is 10.3. The first-order chi connectivity index (χ1) is 12.4. The zero-order chi connectivity index (χ0) is 18.4. The van der Waals surface area contributed by atoms with Gasteiger partial charge in [-0.1, -0.05) is 0 Å². The standard InChI is InChI=1S/C17H11ClFN5O2/c1-23-14-7-12-9(6-13(14)21-15(25)16(23)26)8-20-17(22-12)24(18)11-4-2-10(19)3-5-11/h2-8H,1H3,(H,21,25). The van der Waals surface area contributed by atoms with Crippen LogP contribution in [0.3, 0.4) is 0 Å². The van der Waals surface area contributed by atoms with Crippen LogP contribution in [0.1, 0.15) is 0 Å². The second-order valence-electron chi connectivity index (χ2n) is 5.63. The van der Waals surface area contributed by atoms with Gasteiger partial charge in [0.2, 0.25) is 5.95 Å². The molecule has 0 saturated heterocycles. The molecule has 0 aliphatic carbocycles. The lowest BCUT2D eigenvalue weighted by Crippen LogP contribution is -2.17. The molecule has 4 rings (SSSR count). The van der Waals surface area contributed by atoms with Crippen LogP contribution in [0.5, 0.6) is 5.88 Å². The highest BCUT2D eigenvalue weighted by atomic mass is 35.5. The van der Waals surface area contributed by atoms with E-state index in [-0.39, 0.29) is 11.8 Å². The van der Waals surface area contributed by atoms with Gasteiger partial charge in [0, 0.05) is 30.4 Å². The molecular weight excluding hydrogens is 361 g/mol. The minimum Gasteiger partial charge on any atom is -0.489 e. The minimum absolute atomic E-state index is 0.196. The summed E-state index contributed by atoms with van der Waals surface area (Å²) in [4.78, 5) is 24.4. The average Bonchev–Trinajstić information content (AvgIpc) is 2.65. The van der Waals surface area contributed by atoms with Gasteiger partial charge in [0.25, 0.3) is 5.88 Å². The number of aromatic nitrogens is 4. The lowest BCUT2D eigenvalue weighted by atomic mass is 10.2. The Balaban J connectivity index is 1.87. The Hall–Kier alpha value is -3.26. The molecule has 0 spiro atoms. The van der Waals surface area contributed by atoms with E-state index in [9.17, 15) is 14.3 Å².